The van der Waals surface area contributed by atoms with Crippen LogP contribution in [0.2, 0.25) is 0 Å². The molecule has 7 nitrogen and oxygen atoms in total. The molecule has 0 saturated carbocycles. The SMILES string of the molecule is Cc1[nH]c2c(C#N)ncn2c(=O)c1CCN1CCC(CC(=O)c2ccc(F)cc2)C1.Cl. The molecule has 1 N–H and O–H groups in total. The molecular weight excluding hydrogens is 421 g/mol. The number of rotatable bonds is 6. The van der Waals surface area contributed by atoms with Crippen molar-refractivity contribution in [3.05, 3.63) is 69.3 Å². The van der Waals surface area contributed by atoms with Crippen LogP contribution in [0.3, 0.4) is 0 Å². The van der Waals surface area contributed by atoms with Crippen LogP contribution in [0.15, 0.2) is 35.4 Å². The molecule has 0 spiro atoms. The molecule has 1 fully saturated rings. The summed E-state index contributed by atoms with van der Waals surface area (Å²) in [7, 11) is 0. The number of halogens is 2. The van der Waals surface area contributed by atoms with Crippen molar-refractivity contribution < 1.29 is 9.18 Å². The minimum Gasteiger partial charge on any atom is -0.342 e. The molecule has 1 aliphatic heterocycles. The minimum atomic E-state index is -0.346. The number of hydrogen-bond donors (Lipinski definition) is 1. The van der Waals surface area contributed by atoms with Crippen molar-refractivity contribution in [2.45, 2.75) is 26.2 Å². The molecule has 4 rings (SSSR count). The molecule has 162 valence electrons. The molecule has 0 radical (unpaired) electrons. The third-order valence-electron chi connectivity index (χ3n) is 5.80. The van der Waals surface area contributed by atoms with Gasteiger partial charge in [-0.1, -0.05) is 0 Å². The Balaban J connectivity index is 0.00000272. The Kier molecular flexibility index (Phi) is 6.88. The minimum absolute atomic E-state index is 0. The lowest BCUT2D eigenvalue weighted by atomic mass is 9.97. The van der Waals surface area contributed by atoms with Gasteiger partial charge in [-0.2, -0.15) is 5.26 Å². The third-order valence-corrected chi connectivity index (χ3v) is 5.80. The van der Waals surface area contributed by atoms with E-state index in [1.54, 1.807) is 0 Å². The Morgan fingerprint density at radius 2 is 2.10 bits per heavy atom. The molecular formula is C22H23ClFN5O2. The summed E-state index contributed by atoms with van der Waals surface area (Å²) in [6, 6.07) is 7.66. The fourth-order valence-electron chi connectivity index (χ4n) is 4.13. The number of aromatic amines is 1. The van der Waals surface area contributed by atoms with Gasteiger partial charge in [-0.15, -0.1) is 12.4 Å². The zero-order valence-electron chi connectivity index (χ0n) is 17.1. The molecule has 31 heavy (non-hydrogen) atoms. The van der Waals surface area contributed by atoms with Crippen LogP contribution in [-0.2, 0) is 6.42 Å². The molecule has 1 aromatic carbocycles. The molecule has 2 aromatic heterocycles. The largest absolute Gasteiger partial charge is 0.342 e. The van der Waals surface area contributed by atoms with Crippen LogP contribution in [0.1, 0.15) is 40.2 Å². The predicted octanol–water partition coefficient (Wildman–Crippen LogP) is 2.90. The van der Waals surface area contributed by atoms with E-state index in [-0.39, 0.29) is 41.2 Å². The second-order valence-electron chi connectivity index (χ2n) is 7.80. The first-order chi connectivity index (χ1) is 14.5. The second-order valence-corrected chi connectivity index (χ2v) is 7.80. The molecule has 1 unspecified atom stereocenters. The molecule has 0 aliphatic carbocycles. The summed E-state index contributed by atoms with van der Waals surface area (Å²) in [5, 5.41) is 9.10. The predicted molar refractivity (Wildman–Crippen MR) is 116 cm³/mol. The van der Waals surface area contributed by atoms with Gasteiger partial charge in [0.1, 0.15) is 18.2 Å². The second kappa shape index (κ2) is 9.41. The van der Waals surface area contributed by atoms with Gasteiger partial charge in [0.15, 0.2) is 17.1 Å². The number of imidazole rings is 1. The number of benzene rings is 1. The molecule has 0 amide bonds. The Morgan fingerprint density at radius 1 is 1.35 bits per heavy atom. The number of aromatic nitrogens is 3. The van der Waals surface area contributed by atoms with Crippen LogP contribution in [0.4, 0.5) is 4.39 Å². The van der Waals surface area contributed by atoms with Gasteiger partial charge in [0, 0.05) is 36.3 Å². The Bertz CT molecular complexity index is 1200. The van der Waals surface area contributed by atoms with E-state index >= 15 is 0 Å². The molecule has 3 heterocycles. The molecule has 9 heteroatoms. The third kappa shape index (κ3) is 4.68. The van der Waals surface area contributed by atoms with Crippen molar-refractivity contribution in [2.24, 2.45) is 5.92 Å². The average molecular weight is 444 g/mol. The number of carbonyl (C=O) groups is 1. The summed E-state index contributed by atoms with van der Waals surface area (Å²) >= 11 is 0. The summed E-state index contributed by atoms with van der Waals surface area (Å²) in [5.74, 6) is -0.0501. The number of H-pyrrole nitrogens is 1. The number of ketones is 1. The van der Waals surface area contributed by atoms with E-state index in [2.05, 4.69) is 14.9 Å². The first kappa shape index (κ1) is 22.7. The zero-order chi connectivity index (χ0) is 21.3. The van der Waals surface area contributed by atoms with Crippen molar-refractivity contribution in [1.29, 1.82) is 5.26 Å². The lowest BCUT2D eigenvalue weighted by Gasteiger charge is -2.16. The van der Waals surface area contributed by atoms with Gasteiger partial charge >= 0.3 is 0 Å². The highest BCUT2D eigenvalue weighted by Crippen LogP contribution is 2.22. The highest BCUT2D eigenvalue weighted by Gasteiger charge is 2.25. The van der Waals surface area contributed by atoms with Crippen LogP contribution in [-0.4, -0.2) is 44.7 Å². The lowest BCUT2D eigenvalue weighted by Crippen LogP contribution is -2.28. The van der Waals surface area contributed by atoms with E-state index < -0.39 is 0 Å². The highest BCUT2D eigenvalue weighted by atomic mass is 35.5. The molecule has 0 bridgehead atoms. The number of Topliss-reactive ketones (excluding diaryl/α,β-unsaturated/α-hetero) is 1. The number of aryl methyl sites for hydroxylation is 1. The van der Waals surface area contributed by atoms with Crippen LogP contribution >= 0.6 is 12.4 Å². The van der Waals surface area contributed by atoms with Gasteiger partial charge in [0.05, 0.1) is 0 Å². The molecule has 1 saturated heterocycles. The van der Waals surface area contributed by atoms with Gasteiger partial charge in [-0.05, 0) is 56.5 Å². The summed E-state index contributed by atoms with van der Waals surface area (Å²) in [5.41, 5.74) is 2.43. The number of nitriles is 1. The number of nitrogens with one attached hydrogen (secondary N) is 1. The van der Waals surface area contributed by atoms with Crippen LogP contribution < -0.4 is 5.56 Å². The van der Waals surface area contributed by atoms with Gasteiger partial charge in [-0.25, -0.2) is 13.8 Å². The van der Waals surface area contributed by atoms with Crippen LogP contribution in [0.25, 0.3) is 5.65 Å². The Hall–Kier alpha value is -3.02. The molecule has 1 atom stereocenters. The van der Waals surface area contributed by atoms with Crippen molar-refractivity contribution in [2.75, 3.05) is 19.6 Å². The Morgan fingerprint density at radius 3 is 2.81 bits per heavy atom. The van der Waals surface area contributed by atoms with E-state index in [1.807, 2.05) is 13.0 Å². The van der Waals surface area contributed by atoms with Crippen molar-refractivity contribution in [3.8, 4) is 6.07 Å². The number of carbonyl (C=O) groups excluding carboxylic acids is 1. The number of nitrogens with zero attached hydrogens (tertiary/aromatic N) is 4. The molecule has 3 aromatic rings. The number of fused-ring (bicyclic) bond motifs is 1. The van der Waals surface area contributed by atoms with Crippen molar-refractivity contribution in [3.63, 3.8) is 0 Å². The standard InChI is InChI=1S/C22H22FN5O2.ClH/c1-14-18(22(30)28-13-25-19(11-24)21(28)26-14)7-9-27-8-6-15(12-27)10-20(29)16-2-4-17(23)5-3-16;/h2-5,13,15,26H,6-10,12H2,1H3;1H. The van der Waals surface area contributed by atoms with E-state index in [0.717, 1.165) is 31.7 Å². The quantitative estimate of drug-likeness (QED) is 0.591. The maximum Gasteiger partial charge on any atom is 0.262 e. The average Bonchev–Trinajstić information content (AvgIpc) is 3.35. The summed E-state index contributed by atoms with van der Waals surface area (Å²) in [6.45, 7) is 4.23. The summed E-state index contributed by atoms with van der Waals surface area (Å²) in [6.07, 6.45) is 3.33. The van der Waals surface area contributed by atoms with Crippen molar-refractivity contribution >= 4 is 23.8 Å². The first-order valence-corrected chi connectivity index (χ1v) is 9.96. The highest BCUT2D eigenvalue weighted by molar-refractivity contribution is 5.96. The Labute approximate surface area is 184 Å². The van der Waals surface area contributed by atoms with E-state index in [4.69, 9.17) is 5.26 Å². The van der Waals surface area contributed by atoms with E-state index in [0.29, 0.717) is 29.6 Å². The maximum absolute atomic E-state index is 13.0. The van der Waals surface area contributed by atoms with Gasteiger partial charge in [0.25, 0.3) is 5.56 Å². The van der Waals surface area contributed by atoms with E-state index in [9.17, 15) is 14.0 Å². The van der Waals surface area contributed by atoms with Gasteiger partial charge < -0.3 is 9.88 Å². The smallest absolute Gasteiger partial charge is 0.262 e. The summed E-state index contributed by atoms with van der Waals surface area (Å²) < 4.78 is 14.4. The monoisotopic (exact) mass is 443 g/mol. The number of hydrogen-bond acceptors (Lipinski definition) is 5. The zero-order valence-corrected chi connectivity index (χ0v) is 17.9. The lowest BCUT2D eigenvalue weighted by molar-refractivity contribution is 0.0962. The van der Waals surface area contributed by atoms with E-state index in [1.165, 1.54) is 35.0 Å². The maximum atomic E-state index is 13.0. The number of likely N-dealkylation sites (tertiary alicyclic amines) is 1. The normalized spacial score (nSPS) is 16.2. The van der Waals surface area contributed by atoms with Gasteiger partial charge in [0.2, 0.25) is 0 Å². The summed E-state index contributed by atoms with van der Waals surface area (Å²) in [4.78, 5) is 34.6. The van der Waals surface area contributed by atoms with Gasteiger partial charge in [-0.3, -0.25) is 9.59 Å². The topological polar surface area (TPSA) is 94.3 Å². The first-order valence-electron chi connectivity index (χ1n) is 9.96. The van der Waals surface area contributed by atoms with Crippen molar-refractivity contribution in [1.82, 2.24) is 19.3 Å². The fraction of sp³-hybridized carbons (Fsp3) is 0.364. The van der Waals surface area contributed by atoms with Crippen LogP contribution in [0.5, 0.6) is 0 Å². The molecule has 1 aliphatic rings. The fourth-order valence-corrected chi connectivity index (χ4v) is 4.13. The van der Waals surface area contributed by atoms with Crippen LogP contribution in [0, 0.1) is 30.0 Å².